The molecule has 1 N–H and O–H groups in total. The summed E-state index contributed by atoms with van der Waals surface area (Å²) in [6.07, 6.45) is 3.89. The van der Waals surface area contributed by atoms with Crippen LogP contribution in [0.15, 0.2) is 67.0 Å². The van der Waals surface area contributed by atoms with Gasteiger partial charge in [0, 0.05) is 50.1 Å². The Bertz CT molecular complexity index is 1320. The van der Waals surface area contributed by atoms with Crippen LogP contribution in [0.2, 0.25) is 0 Å². The van der Waals surface area contributed by atoms with Crippen LogP contribution in [-0.2, 0) is 16.1 Å². The van der Waals surface area contributed by atoms with Gasteiger partial charge in [0.15, 0.2) is 0 Å². The number of rotatable bonds is 6. The van der Waals surface area contributed by atoms with E-state index in [1.54, 1.807) is 13.2 Å². The normalized spacial score (nSPS) is 14.3. The number of aromatic nitrogens is 2. The standard InChI is InChI=1S/C27H28N4O3/c1-19(32)29-24-13-23(14-25(16-24)33-2)26-17-28-27-15-22(6-7-31(26)27)21-5-3-4-20(12-21)18-30-8-10-34-11-9-30/h3-7,12-17H,8-11,18H2,1-2H3,(H,29,32). The van der Waals surface area contributed by atoms with Crippen LogP contribution in [0.5, 0.6) is 5.75 Å². The van der Waals surface area contributed by atoms with Crippen molar-refractivity contribution in [1.29, 1.82) is 0 Å². The first-order valence-electron chi connectivity index (χ1n) is 11.4. The molecule has 34 heavy (non-hydrogen) atoms. The summed E-state index contributed by atoms with van der Waals surface area (Å²) in [6, 6.07) is 18.6. The number of methoxy groups -OCH3 is 1. The second-order valence-corrected chi connectivity index (χ2v) is 8.51. The van der Waals surface area contributed by atoms with Crippen LogP contribution in [0.4, 0.5) is 5.69 Å². The summed E-state index contributed by atoms with van der Waals surface area (Å²) in [6.45, 7) is 5.97. The predicted octanol–water partition coefficient (Wildman–Crippen LogP) is 4.47. The number of hydrogen-bond acceptors (Lipinski definition) is 5. The summed E-state index contributed by atoms with van der Waals surface area (Å²) < 4.78 is 13.0. The number of carbonyl (C=O) groups is 1. The summed E-state index contributed by atoms with van der Waals surface area (Å²) >= 11 is 0. The zero-order chi connectivity index (χ0) is 23.5. The van der Waals surface area contributed by atoms with Crippen molar-refractivity contribution in [2.24, 2.45) is 0 Å². The molecule has 1 aliphatic rings. The molecule has 0 atom stereocenters. The molecule has 2 aromatic heterocycles. The molecule has 174 valence electrons. The Kier molecular flexibility index (Phi) is 6.29. The molecular weight excluding hydrogens is 428 g/mol. The minimum Gasteiger partial charge on any atom is -0.497 e. The first-order chi connectivity index (χ1) is 16.6. The monoisotopic (exact) mass is 456 g/mol. The number of amides is 1. The van der Waals surface area contributed by atoms with Crippen LogP contribution < -0.4 is 10.1 Å². The lowest BCUT2D eigenvalue weighted by molar-refractivity contribution is -0.114. The van der Waals surface area contributed by atoms with Gasteiger partial charge in [-0.15, -0.1) is 0 Å². The maximum Gasteiger partial charge on any atom is 0.221 e. The Morgan fingerprint density at radius 2 is 1.88 bits per heavy atom. The van der Waals surface area contributed by atoms with Gasteiger partial charge in [-0.3, -0.25) is 14.1 Å². The molecule has 5 rings (SSSR count). The van der Waals surface area contributed by atoms with Gasteiger partial charge in [-0.2, -0.15) is 0 Å². The van der Waals surface area contributed by atoms with Crippen LogP contribution in [0, 0.1) is 0 Å². The number of anilines is 1. The second kappa shape index (κ2) is 9.67. The molecule has 0 aliphatic carbocycles. The smallest absolute Gasteiger partial charge is 0.221 e. The average molecular weight is 457 g/mol. The Hall–Kier alpha value is -3.68. The zero-order valence-electron chi connectivity index (χ0n) is 19.5. The van der Waals surface area contributed by atoms with Crippen LogP contribution in [0.3, 0.4) is 0 Å². The van der Waals surface area contributed by atoms with Crippen molar-refractivity contribution >= 4 is 17.2 Å². The fourth-order valence-corrected chi connectivity index (χ4v) is 4.38. The van der Waals surface area contributed by atoms with E-state index in [1.807, 2.05) is 28.9 Å². The van der Waals surface area contributed by atoms with E-state index in [1.165, 1.54) is 18.1 Å². The number of hydrogen-bond donors (Lipinski definition) is 1. The number of benzene rings is 2. The molecule has 7 heteroatoms. The molecule has 0 saturated carbocycles. The van der Waals surface area contributed by atoms with Gasteiger partial charge in [0.25, 0.3) is 0 Å². The van der Waals surface area contributed by atoms with Crippen LogP contribution in [-0.4, -0.2) is 53.6 Å². The van der Waals surface area contributed by atoms with Gasteiger partial charge in [-0.25, -0.2) is 4.98 Å². The van der Waals surface area contributed by atoms with Crippen molar-refractivity contribution < 1.29 is 14.3 Å². The molecule has 0 spiro atoms. The first-order valence-corrected chi connectivity index (χ1v) is 11.4. The van der Waals surface area contributed by atoms with E-state index < -0.39 is 0 Å². The Balaban J connectivity index is 1.45. The fourth-order valence-electron chi connectivity index (χ4n) is 4.38. The quantitative estimate of drug-likeness (QED) is 0.464. The molecule has 0 bridgehead atoms. The van der Waals surface area contributed by atoms with E-state index in [-0.39, 0.29) is 5.91 Å². The highest BCUT2D eigenvalue weighted by Crippen LogP contribution is 2.30. The maximum atomic E-state index is 11.6. The van der Waals surface area contributed by atoms with E-state index in [0.717, 1.165) is 55.3 Å². The third kappa shape index (κ3) is 4.81. The molecule has 7 nitrogen and oxygen atoms in total. The van der Waals surface area contributed by atoms with Gasteiger partial charge < -0.3 is 14.8 Å². The number of imidazole rings is 1. The molecule has 0 radical (unpaired) electrons. The van der Waals surface area contributed by atoms with Crippen LogP contribution in [0.1, 0.15) is 12.5 Å². The van der Waals surface area contributed by atoms with Gasteiger partial charge >= 0.3 is 0 Å². The van der Waals surface area contributed by atoms with E-state index in [9.17, 15) is 4.79 Å². The third-order valence-electron chi connectivity index (χ3n) is 6.04. The molecule has 2 aromatic carbocycles. The molecule has 4 aromatic rings. The molecule has 1 amide bonds. The average Bonchev–Trinajstić information content (AvgIpc) is 3.27. The molecule has 1 aliphatic heterocycles. The van der Waals surface area contributed by atoms with E-state index >= 15 is 0 Å². The molecule has 3 heterocycles. The molecule has 0 unspecified atom stereocenters. The van der Waals surface area contributed by atoms with Gasteiger partial charge in [0.2, 0.25) is 5.91 Å². The summed E-state index contributed by atoms with van der Waals surface area (Å²) in [4.78, 5) is 18.6. The number of nitrogens with one attached hydrogen (secondary N) is 1. The third-order valence-corrected chi connectivity index (χ3v) is 6.04. The molecular formula is C27H28N4O3. The van der Waals surface area contributed by atoms with Gasteiger partial charge in [-0.1, -0.05) is 18.2 Å². The fraction of sp³-hybridized carbons (Fsp3) is 0.259. The Morgan fingerprint density at radius 1 is 1.06 bits per heavy atom. The largest absolute Gasteiger partial charge is 0.497 e. The topological polar surface area (TPSA) is 68.1 Å². The first kappa shape index (κ1) is 22.1. The Morgan fingerprint density at radius 3 is 2.68 bits per heavy atom. The highest BCUT2D eigenvalue weighted by atomic mass is 16.5. The van der Waals surface area contributed by atoms with Crippen molar-refractivity contribution in [3.63, 3.8) is 0 Å². The lowest BCUT2D eigenvalue weighted by Crippen LogP contribution is -2.35. The van der Waals surface area contributed by atoms with Crippen molar-refractivity contribution in [2.45, 2.75) is 13.5 Å². The van der Waals surface area contributed by atoms with Crippen LogP contribution >= 0.6 is 0 Å². The Labute approximate surface area is 198 Å². The zero-order valence-corrected chi connectivity index (χ0v) is 19.5. The molecule has 1 fully saturated rings. The predicted molar refractivity (Wildman–Crippen MR) is 133 cm³/mol. The lowest BCUT2D eigenvalue weighted by Gasteiger charge is -2.26. The van der Waals surface area contributed by atoms with E-state index in [4.69, 9.17) is 9.47 Å². The summed E-state index contributed by atoms with van der Waals surface area (Å²) in [7, 11) is 1.62. The minimum absolute atomic E-state index is 0.127. The summed E-state index contributed by atoms with van der Waals surface area (Å²) in [5.74, 6) is 0.544. The lowest BCUT2D eigenvalue weighted by atomic mass is 10.0. The number of carbonyl (C=O) groups excluding carboxylic acids is 1. The van der Waals surface area contributed by atoms with Crippen molar-refractivity contribution in [1.82, 2.24) is 14.3 Å². The number of nitrogens with zero attached hydrogens (tertiary/aromatic N) is 3. The maximum absolute atomic E-state index is 11.6. The van der Waals surface area contributed by atoms with Gasteiger partial charge in [0.05, 0.1) is 32.2 Å². The SMILES string of the molecule is COc1cc(NC(C)=O)cc(-c2cnc3cc(-c4cccc(CN5CCOCC5)c4)ccn23)c1. The minimum atomic E-state index is -0.127. The van der Waals surface area contributed by atoms with Crippen molar-refractivity contribution in [3.8, 4) is 28.1 Å². The van der Waals surface area contributed by atoms with Crippen LogP contribution in [0.25, 0.3) is 28.0 Å². The number of fused-ring (bicyclic) bond motifs is 1. The highest BCUT2D eigenvalue weighted by Gasteiger charge is 2.13. The van der Waals surface area contributed by atoms with Crippen molar-refractivity contribution in [3.05, 3.63) is 72.6 Å². The number of pyridine rings is 1. The van der Waals surface area contributed by atoms with E-state index in [0.29, 0.717) is 11.4 Å². The van der Waals surface area contributed by atoms with Gasteiger partial charge in [-0.05, 0) is 47.0 Å². The summed E-state index contributed by atoms with van der Waals surface area (Å²) in [5, 5.41) is 2.84. The number of ether oxygens (including phenoxy) is 2. The van der Waals surface area contributed by atoms with E-state index in [2.05, 4.69) is 51.6 Å². The summed E-state index contributed by atoms with van der Waals surface area (Å²) in [5.41, 5.74) is 6.97. The molecule has 1 saturated heterocycles. The second-order valence-electron chi connectivity index (χ2n) is 8.51. The van der Waals surface area contributed by atoms with Crippen molar-refractivity contribution in [2.75, 3.05) is 38.7 Å². The number of morpholine rings is 1. The highest BCUT2D eigenvalue weighted by molar-refractivity contribution is 5.90. The van der Waals surface area contributed by atoms with Gasteiger partial charge in [0.1, 0.15) is 11.4 Å².